The largest absolute Gasteiger partial charge is 0.329 e. The molecule has 2 N–H and O–H groups in total. The maximum absolute atomic E-state index is 12.4. The van der Waals surface area contributed by atoms with Crippen LogP contribution in [0.4, 0.5) is 0 Å². The lowest BCUT2D eigenvalue weighted by Crippen LogP contribution is -2.21. The van der Waals surface area contributed by atoms with Gasteiger partial charge in [0.15, 0.2) is 9.84 Å². The third-order valence-electron chi connectivity index (χ3n) is 2.81. The Balaban J connectivity index is 2.43. The zero-order valence-corrected chi connectivity index (χ0v) is 11.7. The number of nitrogens with two attached hydrogens (primary N) is 1. The third-order valence-corrected chi connectivity index (χ3v) is 6.37. The number of hydrogen-bond acceptors (Lipinski definition) is 4. The van der Waals surface area contributed by atoms with E-state index in [1.807, 2.05) is 31.2 Å². The fourth-order valence-electron chi connectivity index (χ4n) is 1.79. The Morgan fingerprint density at radius 2 is 1.89 bits per heavy atom. The zero-order valence-electron chi connectivity index (χ0n) is 10.0. The molecule has 1 heterocycles. The van der Waals surface area contributed by atoms with Crippen LogP contribution in [0.5, 0.6) is 0 Å². The standard InChI is InChI=1S/C13H15NO2S2/c1-10-4-6-11(7-5-10)12(9-14)18(15,16)13-3-2-8-17-13/h2-8,12H,9,14H2,1H3. The zero-order chi connectivity index (χ0) is 13.2. The average Bonchev–Trinajstić information content (AvgIpc) is 2.86. The molecule has 0 aliphatic rings. The number of rotatable bonds is 4. The van der Waals surface area contributed by atoms with Gasteiger partial charge in [-0.3, -0.25) is 0 Å². The molecule has 5 heteroatoms. The molecule has 1 atom stereocenters. The summed E-state index contributed by atoms with van der Waals surface area (Å²) in [5.41, 5.74) is 7.51. The van der Waals surface area contributed by atoms with Crippen molar-refractivity contribution in [3.05, 3.63) is 52.9 Å². The quantitative estimate of drug-likeness (QED) is 0.936. The van der Waals surface area contributed by atoms with Gasteiger partial charge in [0.05, 0.1) is 0 Å². The van der Waals surface area contributed by atoms with Crippen LogP contribution in [0, 0.1) is 6.92 Å². The van der Waals surface area contributed by atoms with E-state index in [9.17, 15) is 8.42 Å². The van der Waals surface area contributed by atoms with Crippen molar-refractivity contribution in [2.24, 2.45) is 5.73 Å². The molecule has 3 nitrogen and oxygen atoms in total. The molecular weight excluding hydrogens is 266 g/mol. The Morgan fingerprint density at radius 1 is 1.22 bits per heavy atom. The first-order valence-electron chi connectivity index (χ1n) is 5.59. The van der Waals surface area contributed by atoms with E-state index in [1.54, 1.807) is 17.5 Å². The normalized spacial score (nSPS) is 13.4. The molecule has 0 radical (unpaired) electrons. The summed E-state index contributed by atoms with van der Waals surface area (Å²) >= 11 is 1.23. The highest BCUT2D eigenvalue weighted by atomic mass is 32.2. The van der Waals surface area contributed by atoms with Crippen molar-refractivity contribution in [1.29, 1.82) is 0 Å². The second-order valence-corrected chi connectivity index (χ2v) is 7.42. The van der Waals surface area contributed by atoms with Gasteiger partial charge in [0.25, 0.3) is 0 Å². The van der Waals surface area contributed by atoms with Gasteiger partial charge in [0.1, 0.15) is 9.46 Å². The Hall–Kier alpha value is -1.17. The van der Waals surface area contributed by atoms with Crippen molar-refractivity contribution in [2.75, 3.05) is 6.54 Å². The molecule has 0 saturated heterocycles. The van der Waals surface area contributed by atoms with Gasteiger partial charge in [-0.2, -0.15) is 0 Å². The summed E-state index contributed by atoms with van der Waals surface area (Å²) in [6.45, 7) is 2.05. The highest BCUT2D eigenvalue weighted by Crippen LogP contribution is 2.30. The van der Waals surface area contributed by atoms with Crippen molar-refractivity contribution in [1.82, 2.24) is 0 Å². The van der Waals surface area contributed by atoms with E-state index >= 15 is 0 Å². The fraction of sp³-hybridized carbons (Fsp3) is 0.231. The van der Waals surface area contributed by atoms with E-state index in [4.69, 9.17) is 5.73 Å². The maximum atomic E-state index is 12.4. The monoisotopic (exact) mass is 281 g/mol. The van der Waals surface area contributed by atoms with Gasteiger partial charge < -0.3 is 5.73 Å². The predicted molar refractivity (Wildman–Crippen MR) is 74.5 cm³/mol. The number of thiophene rings is 1. The van der Waals surface area contributed by atoms with Crippen molar-refractivity contribution in [3.8, 4) is 0 Å². The summed E-state index contributed by atoms with van der Waals surface area (Å²) in [4.78, 5) is 0. The minimum Gasteiger partial charge on any atom is -0.329 e. The van der Waals surface area contributed by atoms with E-state index in [-0.39, 0.29) is 6.54 Å². The number of aryl methyl sites for hydroxylation is 1. The summed E-state index contributed by atoms with van der Waals surface area (Å²) < 4.78 is 25.3. The molecule has 2 aromatic rings. The van der Waals surface area contributed by atoms with Gasteiger partial charge in [-0.25, -0.2) is 8.42 Å². The number of hydrogen-bond donors (Lipinski definition) is 1. The maximum Gasteiger partial charge on any atom is 0.195 e. The molecule has 1 aromatic heterocycles. The highest BCUT2D eigenvalue weighted by Gasteiger charge is 2.28. The highest BCUT2D eigenvalue weighted by molar-refractivity contribution is 7.93. The predicted octanol–water partition coefficient (Wildman–Crippen LogP) is 2.53. The van der Waals surface area contributed by atoms with Crippen LogP contribution in [0.3, 0.4) is 0 Å². The van der Waals surface area contributed by atoms with Crippen LogP contribution in [-0.4, -0.2) is 15.0 Å². The summed E-state index contributed by atoms with van der Waals surface area (Å²) in [5, 5.41) is 1.09. The van der Waals surface area contributed by atoms with Gasteiger partial charge in [-0.15, -0.1) is 11.3 Å². The summed E-state index contributed by atoms with van der Waals surface area (Å²) in [6.07, 6.45) is 0. The Kier molecular flexibility index (Phi) is 3.85. The lowest BCUT2D eigenvalue weighted by atomic mass is 10.1. The van der Waals surface area contributed by atoms with Crippen LogP contribution < -0.4 is 5.73 Å². The second kappa shape index (κ2) is 5.22. The van der Waals surface area contributed by atoms with Crippen LogP contribution >= 0.6 is 11.3 Å². The van der Waals surface area contributed by atoms with Crippen LogP contribution in [0.25, 0.3) is 0 Å². The van der Waals surface area contributed by atoms with Gasteiger partial charge in [0.2, 0.25) is 0 Å². The van der Waals surface area contributed by atoms with Crippen LogP contribution in [0.1, 0.15) is 16.4 Å². The minimum atomic E-state index is -3.38. The molecule has 0 aliphatic carbocycles. The van der Waals surface area contributed by atoms with E-state index < -0.39 is 15.1 Å². The second-order valence-electron chi connectivity index (χ2n) is 4.11. The Labute approximate surface area is 111 Å². The summed E-state index contributed by atoms with van der Waals surface area (Å²) in [5.74, 6) is 0. The Bertz CT molecular complexity index is 601. The fourth-order valence-corrected chi connectivity index (χ4v) is 4.61. The van der Waals surface area contributed by atoms with Crippen LogP contribution in [0.15, 0.2) is 46.0 Å². The van der Waals surface area contributed by atoms with Gasteiger partial charge >= 0.3 is 0 Å². The van der Waals surface area contributed by atoms with E-state index in [0.29, 0.717) is 4.21 Å². The summed E-state index contributed by atoms with van der Waals surface area (Å²) in [7, 11) is -3.38. The lowest BCUT2D eigenvalue weighted by Gasteiger charge is -2.15. The average molecular weight is 281 g/mol. The first-order valence-corrected chi connectivity index (χ1v) is 8.02. The smallest absolute Gasteiger partial charge is 0.195 e. The van der Waals surface area contributed by atoms with Crippen molar-refractivity contribution in [2.45, 2.75) is 16.4 Å². The first-order chi connectivity index (χ1) is 8.55. The SMILES string of the molecule is Cc1ccc(C(CN)S(=O)(=O)c2cccs2)cc1. The topological polar surface area (TPSA) is 60.2 Å². The van der Waals surface area contributed by atoms with E-state index in [1.165, 1.54) is 11.3 Å². The first kappa shape index (κ1) is 13.3. The molecule has 96 valence electrons. The van der Waals surface area contributed by atoms with Crippen LogP contribution in [-0.2, 0) is 9.84 Å². The molecular formula is C13H15NO2S2. The van der Waals surface area contributed by atoms with Crippen LogP contribution in [0.2, 0.25) is 0 Å². The van der Waals surface area contributed by atoms with Gasteiger partial charge in [-0.1, -0.05) is 35.9 Å². The molecule has 0 amide bonds. The molecule has 0 spiro atoms. The van der Waals surface area contributed by atoms with Crippen molar-refractivity contribution >= 4 is 21.2 Å². The third kappa shape index (κ3) is 2.48. The molecule has 2 rings (SSSR count). The van der Waals surface area contributed by atoms with E-state index in [2.05, 4.69) is 0 Å². The molecule has 0 fully saturated rings. The molecule has 0 saturated carbocycles. The summed E-state index contributed by atoms with van der Waals surface area (Å²) in [6, 6.07) is 10.8. The number of sulfone groups is 1. The molecule has 1 aromatic carbocycles. The number of benzene rings is 1. The Morgan fingerprint density at radius 3 is 2.39 bits per heavy atom. The minimum absolute atomic E-state index is 0.0866. The molecule has 1 unspecified atom stereocenters. The van der Waals surface area contributed by atoms with Gasteiger partial charge in [-0.05, 0) is 23.9 Å². The van der Waals surface area contributed by atoms with Crippen molar-refractivity contribution in [3.63, 3.8) is 0 Å². The molecule has 0 aliphatic heterocycles. The van der Waals surface area contributed by atoms with Crippen molar-refractivity contribution < 1.29 is 8.42 Å². The molecule has 18 heavy (non-hydrogen) atoms. The van der Waals surface area contributed by atoms with E-state index in [0.717, 1.165) is 11.1 Å². The lowest BCUT2D eigenvalue weighted by molar-refractivity contribution is 0.584. The van der Waals surface area contributed by atoms with Gasteiger partial charge in [0, 0.05) is 6.54 Å². The molecule has 0 bridgehead atoms.